The predicted octanol–water partition coefficient (Wildman–Crippen LogP) is 4.59. The maximum absolute atomic E-state index is 12.6. The third kappa shape index (κ3) is 3.92. The van der Waals surface area contributed by atoms with E-state index in [2.05, 4.69) is 26.3 Å². The van der Waals surface area contributed by atoms with Gasteiger partial charge >= 0.3 is 0 Å². The molecule has 1 aromatic carbocycles. The Labute approximate surface area is 177 Å². The number of aryl methyl sites for hydroxylation is 1. The first kappa shape index (κ1) is 19.4. The molecule has 0 atom stereocenters. The molecule has 0 fully saturated rings. The number of nitriles is 1. The second-order valence-electron chi connectivity index (χ2n) is 6.45. The Morgan fingerprint density at radius 1 is 1.30 bits per heavy atom. The fraction of sp³-hybridized carbons (Fsp3) is 0.0952. The van der Waals surface area contributed by atoms with Gasteiger partial charge in [0.05, 0.1) is 23.5 Å². The standard InChI is InChI=1S/C21H15ClN6O2/c1-13-10-25-21(26-16-7-14(9-23)6-15(22)8-16)27-20(13)28(19-11-24-12-30-19)17-4-2-3-5-18(17)29/h2-4,6-8,10-12H,5H2,1H3,(H,25,26,27). The molecule has 1 aliphatic rings. The van der Waals surface area contributed by atoms with Crippen LogP contribution in [0.2, 0.25) is 5.02 Å². The molecule has 2 heterocycles. The van der Waals surface area contributed by atoms with Crippen molar-refractivity contribution >= 4 is 40.7 Å². The van der Waals surface area contributed by atoms with Crippen molar-refractivity contribution in [1.82, 2.24) is 15.0 Å². The van der Waals surface area contributed by atoms with Gasteiger partial charge in [0.2, 0.25) is 11.8 Å². The van der Waals surface area contributed by atoms with Gasteiger partial charge in [-0.25, -0.2) is 9.97 Å². The minimum absolute atomic E-state index is 0.0741. The van der Waals surface area contributed by atoms with Crippen molar-refractivity contribution in [3.05, 3.63) is 77.1 Å². The van der Waals surface area contributed by atoms with Gasteiger partial charge < -0.3 is 9.73 Å². The highest BCUT2D eigenvalue weighted by atomic mass is 35.5. The lowest BCUT2D eigenvalue weighted by Gasteiger charge is -2.25. The van der Waals surface area contributed by atoms with E-state index >= 15 is 0 Å². The topological polar surface area (TPSA) is 108 Å². The lowest BCUT2D eigenvalue weighted by Crippen LogP contribution is -2.25. The molecule has 8 nitrogen and oxygen atoms in total. The number of halogens is 1. The van der Waals surface area contributed by atoms with E-state index in [9.17, 15) is 4.79 Å². The Balaban J connectivity index is 1.77. The molecule has 148 valence electrons. The van der Waals surface area contributed by atoms with Gasteiger partial charge in [-0.2, -0.15) is 10.2 Å². The van der Waals surface area contributed by atoms with Crippen LogP contribution in [0.15, 0.2) is 65.3 Å². The Morgan fingerprint density at radius 2 is 2.17 bits per heavy atom. The van der Waals surface area contributed by atoms with Crippen molar-refractivity contribution in [3.8, 4) is 6.07 Å². The number of Topliss-reactive ketones (excluding diaryl/α,β-unsaturated/α-hetero) is 1. The van der Waals surface area contributed by atoms with Crippen LogP contribution in [-0.2, 0) is 4.79 Å². The number of aromatic nitrogens is 3. The van der Waals surface area contributed by atoms with Crippen LogP contribution in [0, 0.1) is 18.3 Å². The number of rotatable bonds is 5. The molecule has 0 unspecified atom stereocenters. The molecule has 0 saturated heterocycles. The Kier molecular flexibility index (Phi) is 5.28. The molecule has 9 heteroatoms. The Morgan fingerprint density at radius 3 is 2.90 bits per heavy atom. The van der Waals surface area contributed by atoms with E-state index in [1.165, 1.54) is 12.6 Å². The fourth-order valence-corrected chi connectivity index (χ4v) is 3.20. The highest BCUT2D eigenvalue weighted by Gasteiger charge is 2.26. The van der Waals surface area contributed by atoms with E-state index in [1.807, 2.05) is 13.0 Å². The van der Waals surface area contributed by atoms with E-state index in [-0.39, 0.29) is 18.2 Å². The van der Waals surface area contributed by atoms with Crippen molar-refractivity contribution in [2.45, 2.75) is 13.3 Å². The van der Waals surface area contributed by atoms with Gasteiger partial charge in [-0.15, -0.1) is 0 Å². The van der Waals surface area contributed by atoms with Crippen molar-refractivity contribution < 1.29 is 9.21 Å². The molecule has 0 saturated carbocycles. The monoisotopic (exact) mass is 418 g/mol. The molecule has 0 amide bonds. The lowest BCUT2D eigenvalue weighted by atomic mass is 10.1. The summed E-state index contributed by atoms with van der Waals surface area (Å²) in [6.45, 7) is 1.83. The quantitative estimate of drug-likeness (QED) is 0.640. The SMILES string of the molecule is Cc1cnc(Nc2cc(Cl)cc(C#N)c2)nc1N(C1=CC=CCC1=O)c1cnco1. The summed E-state index contributed by atoms with van der Waals surface area (Å²) in [6, 6.07) is 6.92. The minimum Gasteiger partial charge on any atom is -0.427 e. The molecule has 1 N–H and O–H groups in total. The number of hydrogen-bond donors (Lipinski definition) is 1. The Bertz CT molecular complexity index is 1210. The highest BCUT2D eigenvalue weighted by molar-refractivity contribution is 6.31. The van der Waals surface area contributed by atoms with Crippen LogP contribution < -0.4 is 10.2 Å². The molecular formula is C21H15ClN6O2. The van der Waals surface area contributed by atoms with Crippen LogP contribution in [0.3, 0.4) is 0 Å². The fourth-order valence-electron chi connectivity index (χ4n) is 2.96. The van der Waals surface area contributed by atoms with Gasteiger partial charge in [0.25, 0.3) is 0 Å². The number of carbonyl (C=O) groups excluding carboxylic acids is 1. The molecule has 4 rings (SSSR count). The second-order valence-corrected chi connectivity index (χ2v) is 6.88. The van der Waals surface area contributed by atoms with E-state index < -0.39 is 0 Å². The van der Waals surface area contributed by atoms with Crippen LogP contribution >= 0.6 is 11.6 Å². The van der Waals surface area contributed by atoms with Crippen LogP contribution in [0.25, 0.3) is 0 Å². The zero-order chi connectivity index (χ0) is 21.1. The van der Waals surface area contributed by atoms with Gasteiger partial charge in [0.1, 0.15) is 5.82 Å². The zero-order valence-corrected chi connectivity index (χ0v) is 16.6. The summed E-state index contributed by atoms with van der Waals surface area (Å²) in [7, 11) is 0. The zero-order valence-electron chi connectivity index (χ0n) is 15.8. The molecule has 30 heavy (non-hydrogen) atoms. The van der Waals surface area contributed by atoms with E-state index in [4.69, 9.17) is 21.3 Å². The number of carbonyl (C=O) groups is 1. The molecule has 0 radical (unpaired) electrons. The number of allylic oxidation sites excluding steroid dienone is 4. The van der Waals surface area contributed by atoms with Crippen molar-refractivity contribution in [1.29, 1.82) is 5.26 Å². The van der Waals surface area contributed by atoms with Crippen molar-refractivity contribution in [3.63, 3.8) is 0 Å². The number of ketones is 1. The molecular weight excluding hydrogens is 404 g/mol. The molecule has 0 aliphatic heterocycles. The summed E-state index contributed by atoms with van der Waals surface area (Å²) in [5.74, 6) is 1.01. The second kappa shape index (κ2) is 8.19. The van der Waals surface area contributed by atoms with Crippen LogP contribution in [0.4, 0.5) is 23.3 Å². The number of hydrogen-bond acceptors (Lipinski definition) is 8. The maximum atomic E-state index is 12.6. The molecule has 2 aromatic heterocycles. The summed E-state index contributed by atoms with van der Waals surface area (Å²) in [5.41, 5.74) is 2.11. The van der Waals surface area contributed by atoms with Crippen molar-refractivity contribution in [2.24, 2.45) is 0 Å². The largest absolute Gasteiger partial charge is 0.427 e. The summed E-state index contributed by atoms with van der Waals surface area (Å²) < 4.78 is 5.47. The normalized spacial score (nSPS) is 13.0. The first-order valence-electron chi connectivity index (χ1n) is 8.95. The third-order valence-corrected chi connectivity index (χ3v) is 4.52. The summed E-state index contributed by atoms with van der Waals surface area (Å²) >= 11 is 6.08. The van der Waals surface area contributed by atoms with Crippen LogP contribution in [0.1, 0.15) is 17.5 Å². The van der Waals surface area contributed by atoms with E-state index in [1.54, 1.807) is 41.4 Å². The number of nitrogens with one attached hydrogen (secondary N) is 1. The molecule has 3 aromatic rings. The Hall–Kier alpha value is -3.96. The number of nitrogens with zero attached hydrogens (tertiary/aromatic N) is 5. The minimum atomic E-state index is -0.0741. The van der Waals surface area contributed by atoms with Crippen LogP contribution in [-0.4, -0.2) is 20.7 Å². The molecule has 0 bridgehead atoms. The van der Waals surface area contributed by atoms with Gasteiger partial charge in [0.15, 0.2) is 12.2 Å². The van der Waals surface area contributed by atoms with Gasteiger partial charge in [-0.1, -0.05) is 23.8 Å². The third-order valence-electron chi connectivity index (χ3n) is 4.30. The lowest BCUT2D eigenvalue weighted by molar-refractivity contribution is -0.114. The van der Waals surface area contributed by atoms with Gasteiger partial charge in [-0.05, 0) is 31.2 Å². The van der Waals surface area contributed by atoms with Crippen molar-refractivity contribution in [2.75, 3.05) is 10.2 Å². The molecule has 1 aliphatic carbocycles. The summed E-state index contributed by atoms with van der Waals surface area (Å²) in [5, 5.41) is 12.6. The summed E-state index contributed by atoms with van der Waals surface area (Å²) in [6.07, 6.45) is 10.0. The number of anilines is 4. The highest BCUT2D eigenvalue weighted by Crippen LogP contribution is 2.33. The van der Waals surface area contributed by atoms with E-state index in [0.29, 0.717) is 33.7 Å². The number of benzene rings is 1. The van der Waals surface area contributed by atoms with Gasteiger partial charge in [0, 0.05) is 28.9 Å². The average molecular weight is 419 g/mol. The number of oxazole rings is 1. The molecule has 0 spiro atoms. The van der Waals surface area contributed by atoms with E-state index in [0.717, 1.165) is 5.56 Å². The first-order valence-corrected chi connectivity index (χ1v) is 9.33. The van der Waals surface area contributed by atoms with Gasteiger partial charge in [-0.3, -0.25) is 9.69 Å². The predicted molar refractivity (Wildman–Crippen MR) is 112 cm³/mol. The summed E-state index contributed by atoms with van der Waals surface area (Å²) in [4.78, 5) is 27.0. The maximum Gasteiger partial charge on any atom is 0.229 e. The van der Waals surface area contributed by atoms with Crippen LogP contribution in [0.5, 0.6) is 0 Å². The smallest absolute Gasteiger partial charge is 0.229 e. The average Bonchev–Trinajstić information content (AvgIpc) is 3.26. The first-order chi connectivity index (χ1) is 14.5.